The Morgan fingerprint density at radius 2 is 2.19 bits per heavy atom. The van der Waals surface area contributed by atoms with E-state index in [1.807, 2.05) is 0 Å². The molecule has 0 unspecified atom stereocenters. The topological polar surface area (TPSA) is 95.0 Å². The Kier molecular flexibility index (Phi) is 7.37. The number of nitrogens with two attached hydrogens (primary N) is 1. The van der Waals surface area contributed by atoms with Crippen LogP contribution in [0.5, 0.6) is 6.01 Å². The third kappa shape index (κ3) is 5.71. The van der Waals surface area contributed by atoms with E-state index in [9.17, 15) is 8.78 Å². The molecule has 0 saturated carbocycles. The monoisotopic (exact) mass is 383 g/mol. The molecule has 0 bridgehead atoms. The normalized spacial score (nSPS) is 12.1. The Morgan fingerprint density at radius 1 is 1.38 bits per heavy atom. The molecular formula is C16H16ClF2N5O2. The quantitative estimate of drug-likeness (QED) is 0.428. The molecule has 10 heteroatoms. The Labute approximate surface area is 153 Å². The van der Waals surface area contributed by atoms with Crippen LogP contribution in [0.1, 0.15) is 17.7 Å². The molecule has 2 aromatic rings. The van der Waals surface area contributed by atoms with Crippen molar-refractivity contribution in [1.29, 1.82) is 0 Å². The smallest absolute Gasteiger partial charge is 0.317 e. The van der Waals surface area contributed by atoms with Crippen LogP contribution >= 0.6 is 11.6 Å². The second-order valence-corrected chi connectivity index (χ2v) is 5.34. The van der Waals surface area contributed by atoms with Gasteiger partial charge in [0, 0.05) is 23.9 Å². The van der Waals surface area contributed by atoms with E-state index in [2.05, 4.69) is 20.1 Å². The summed E-state index contributed by atoms with van der Waals surface area (Å²) in [6.07, 6.45) is 0.140. The lowest BCUT2D eigenvalue weighted by molar-refractivity contribution is 0.151. The first-order valence-electron chi connectivity index (χ1n) is 7.35. The van der Waals surface area contributed by atoms with Crippen molar-refractivity contribution in [2.24, 2.45) is 15.9 Å². The summed E-state index contributed by atoms with van der Waals surface area (Å²) in [6.45, 7) is 0.271. The second kappa shape index (κ2) is 9.73. The third-order valence-corrected chi connectivity index (χ3v) is 3.42. The molecule has 1 heterocycles. The van der Waals surface area contributed by atoms with Crippen LogP contribution in [0.15, 0.2) is 40.6 Å². The largest absolute Gasteiger partial charge is 0.457 e. The highest BCUT2D eigenvalue weighted by atomic mass is 35.5. The average Bonchev–Trinajstić information content (AvgIpc) is 2.63. The fourth-order valence-corrected chi connectivity index (χ4v) is 2.05. The minimum Gasteiger partial charge on any atom is -0.457 e. The molecule has 0 spiro atoms. The number of ether oxygens (including phenoxy) is 2. The van der Waals surface area contributed by atoms with Crippen LogP contribution in [0.4, 0.5) is 14.5 Å². The molecular weight excluding hydrogens is 368 g/mol. The Morgan fingerprint density at radius 3 is 2.88 bits per heavy atom. The van der Waals surface area contributed by atoms with Crippen LogP contribution < -0.4 is 10.6 Å². The van der Waals surface area contributed by atoms with E-state index in [1.165, 1.54) is 30.6 Å². The van der Waals surface area contributed by atoms with Gasteiger partial charge in [0.2, 0.25) is 0 Å². The molecule has 7 nitrogen and oxygen atoms in total. The van der Waals surface area contributed by atoms with Crippen LogP contribution in [0, 0.1) is 0 Å². The van der Waals surface area contributed by atoms with Crippen LogP contribution in [-0.4, -0.2) is 35.6 Å². The molecule has 2 rings (SSSR count). The van der Waals surface area contributed by atoms with Crippen molar-refractivity contribution in [2.45, 2.75) is 13.0 Å². The summed E-state index contributed by atoms with van der Waals surface area (Å²) in [7, 11) is 1.55. The summed E-state index contributed by atoms with van der Waals surface area (Å²) in [5, 5.41) is 3.51. The van der Waals surface area contributed by atoms with Crippen LogP contribution in [0.25, 0.3) is 0 Å². The molecule has 138 valence electrons. The summed E-state index contributed by atoms with van der Waals surface area (Å²) in [4.78, 5) is 12.1. The lowest BCUT2D eigenvalue weighted by Crippen LogP contribution is -2.16. The van der Waals surface area contributed by atoms with Crippen molar-refractivity contribution >= 4 is 29.2 Å². The zero-order chi connectivity index (χ0) is 18.9. The summed E-state index contributed by atoms with van der Waals surface area (Å²) in [5.41, 5.74) is 0.897. The molecule has 0 amide bonds. The number of hydrogen-bond donors (Lipinski definition) is 1. The van der Waals surface area contributed by atoms with Crippen LogP contribution in [-0.2, 0) is 11.3 Å². The summed E-state index contributed by atoms with van der Waals surface area (Å²) in [5.74, 6) is 5.30. The molecule has 0 aliphatic carbocycles. The molecule has 1 aromatic carbocycles. The van der Waals surface area contributed by atoms with Gasteiger partial charge in [0.1, 0.15) is 12.3 Å². The van der Waals surface area contributed by atoms with Crippen molar-refractivity contribution in [3.8, 4) is 6.01 Å². The Balaban J connectivity index is 2.02. The summed E-state index contributed by atoms with van der Waals surface area (Å²) >= 11 is 5.72. The van der Waals surface area contributed by atoms with Gasteiger partial charge < -0.3 is 15.3 Å². The number of hydrazone groups is 1. The number of halogens is 3. The number of aliphatic imine (C=N–C) groups is 1. The molecule has 0 aliphatic rings. The SMILES string of the molecule is COCc1ccnc(OCC(C=Nc2ccc(Cl)c(C(F)F)c2)=NN)n1. The Bertz CT molecular complexity index is 802. The second-order valence-electron chi connectivity index (χ2n) is 4.94. The first-order chi connectivity index (χ1) is 12.5. The lowest BCUT2D eigenvalue weighted by Gasteiger charge is -2.06. The predicted octanol–water partition coefficient (Wildman–Crippen LogP) is 3.31. The average molecular weight is 384 g/mol. The van der Waals surface area contributed by atoms with Gasteiger partial charge in [-0.15, -0.1) is 0 Å². The number of methoxy groups -OCH3 is 1. The van der Waals surface area contributed by atoms with Gasteiger partial charge >= 0.3 is 6.01 Å². The van der Waals surface area contributed by atoms with Crippen LogP contribution in [0.3, 0.4) is 0 Å². The molecule has 0 radical (unpaired) electrons. The third-order valence-electron chi connectivity index (χ3n) is 3.08. The zero-order valence-corrected chi connectivity index (χ0v) is 14.5. The van der Waals surface area contributed by atoms with E-state index in [0.717, 1.165) is 0 Å². The number of rotatable bonds is 8. The maximum Gasteiger partial charge on any atom is 0.317 e. The zero-order valence-electron chi connectivity index (χ0n) is 13.8. The summed E-state index contributed by atoms with van der Waals surface area (Å²) < 4.78 is 36.1. The van der Waals surface area contributed by atoms with E-state index in [-0.39, 0.29) is 34.6 Å². The van der Waals surface area contributed by atoms with Gasteiger partial charge in [0.25, 0.3) is 6.43 Å². The molecule has 0 aliphatic heterocycles. The predicted molar refractivity (Wildman–Crippen MR) is 94.4 cm³/mol. The minimum absolute atomic E-state index is 0.0249. The van der Waals surface area contributed by atoms with Crippen molar-refractivity contribution < 1.29 is 18.3 Å². The number of alkyl halides is 2. The highest BCUT2D eigenvalue weighted by Gasteiger charge is 2.12. The van der Waals surface area contributed by atoms with Crippen molar-refractivity contribution in [3.05, 3.63) is 46.7 Å². The van der Waals surface area contributed by atoms with Gasteiger partial charge in [-0.3, -0.25) is 4.99 Å². The molecule has 0 fully saturated rings. The summed E-state index contributed by atoms with van der Waals surface area (Å²) in [6, 6.07) is 5.85. The van der Waals surface area contributed by atoms with E-state index in [4.69, 9.17) is 26.9 Å². The van der Waals surface area contributed by atoms with Gasteiger partial charge in [-0.2, -0.15) is 10.1 Å². The molecule has 2 N–H and O–H groups in total. The highest BCUT2D eigenvalue weighted by Crippen LogP contribution is 2.30. The molecule has 26 heavy (non-hydrogen) atoms. The highest BCUT2D eigenvalue weighted by molar-refractivity contribution is 6.32. The van der Waals surface area contributed by atoms with Crippen LogP contribution in [0.2, 0.25) is 5.02 Å². The van der Waals surface area contributed by atoms with Gasteiger partial charge in [0.05, 0.1) is 24.2 Å². The number of benzene rings is 1. The van der Waals surface area contributed by atoms with Gasteiger partial charge in [0.15, 0.2) is 0 Å². The number of hydrogen-bond acceptors (Lipinski definition) is 7. The number of aromatic nitrogens is 2. The van der Waals surface area contributed by atoms with E-state index >= 15 is 0 Å². The van der Waals surface area contributed by atoms with Gasteiger partial charge in [-0.05, 0) is 24.3 Å². The fraction of sp³-hybridized carbons (Fsp3) is 0.250. The maximum absolute atomic E-state index is 12.8. The van der Waals surface area contributed by atoms with Gasteiger partial charge in [-0.25, -0.2) is 13.8 Å². The van der Waals surface area contributed by atoms with E-state index < -0.39 is 6.43 Å². The lowest BCUT2D eigenvalue weighted by atomic mass is 10.2. The number of nitrogens with zero attached hydrogens (tertiary/aromatic N) is 4. The first-order valence-corrected chi connectivity index (χ1v) is 7.73. The first kappa shape index (κ1) is 19.7. The van der Waals surface area contributed by atoms with Crippen molar-refractivity contribution in [2.75, 3.05) is 13.7 Å². The van der Waals surface area contributed by atoms with Gasteiger partial charge in [-0.1, -0.05) is 11.6 Å². The maximum atomic E-state index is 12.8. The van der Waals surface area contributed by atoms with Crippen molar-refractivity contribution in [1.82, 2.24) is 9.97 Å². The minimum atomic E-state index is -2.69. The Hall–Kier alpha value is -2.65. The fourth-order valence-electron chi connectivity index (χ4n) is 1.85. The van der Waals surface area contributed by atoms with E-state index in [0.29, 0.717) is 12.3 Å². The molecule has 0 saturated heterocycles. The standard InChI is InChI=1S/C16H16ClF2N5O2/c1-25-8-11-4-5-21-16(23-11)26-9-12(24-20)7-22-10-2-3-14(17)13(6-10)15(18)19/h2-7,15H,8-9,20H2,1H3. The van der Waals surface area contributed by atoms with Crippen molar-refractivity contribution in [3.63, 3.8) is 0 Å². The molecule has 1 aromatic heterocycles. The van der Waals surface area contributed by atoms with E-state index in [1.54, 1.807) is 13.2 Å². The molecule has 0 atom stereocenters.